The summed E-state index contributed by atoms with van der Waals surface area (Å²) in [6.07, 6.45) is 5.24. The lowest BCUT2D eigenvalue weighted by molar-refractivity contribution is 0.590. The molecule has 0 amide bonds. The van der Waals surface area contributed by atoms with Crippen LogP contribution < -0.4 is 5.73 Å². The number of hydrogen-bond acceptors (Lipinski definition) is 2. The molecule has 0 aliphatic carbocycles. The van der Waals surface area contributed by atoms with Crippen LogP contribution in [0.3, 0.4) is 0 Å². The zero-order valence-corrected chi connectivity index (χ0v) is 8.46. The summed E-state index contributed by atoms with van der Waals surface area (Å²) in [5, 5.41) is 0. The molecule has 72 valence electrons. The van der Waals surface area contributed by atoms with Gasteiger partial charge in [-0.1, -0.05) is 19.8 Å². The second kappa shape index (κ2) is 4.97. The topological polar surface area (TPSA) is 38.9 Å². The standard InChI is InChI=1S/C11H18N2/c1-3-4-5-10(12)11-8-9(2)6-7-13-11/h6-8,10H,3-5,12H2,1-2H3. The lowest BCUT2D eigenvalue weighted by atomic mass is 10.1. The summed E-state index contributed by atoms with van der Waals surface area (Å²) in [5.41, 5.74) is 8.24. The highest BCUT2D eigenvalue weighted by Gasteiger charge is 2.05. The van der Waals surface area contributed by atoms with Crippen molar-refractivity contribution in [3.63, 3.8) is 0 Å². The van der Waals surface area contributed by atoms with Gasteiger partial charge in [0.15, 0.2) is 0 Å². The summed E-state index contributed by atoms with van der Waals surface area (Å²) in [5.74, 6) is 0. The Hall–Kier alpha value is -0.890. The van der Waals surface area contributed by atoms with E-state index in [0.717, 1.165) is 12.1 Å². The lowest BCUT2D eigenvalue weighted by Gasteiger charge is -2.10. The average molecular weight is 178 g/mol. The molecule has 2 N–H and O–H groups in total. The number of aryl methyl sites for hydroxylation is 1. The normalized spacial score (nSPS) is 12.8. The second-order valence-electron chi connectivity index (χ2n) is 3.51. The lowest BCUT2D eigenvalue weighted by Crippen LogP contribution is -2.11. The SMILES string of the molecule is CCCCC(N)c1cc(C)ccn1. The fraction of sp³-hybridized carbons (Fsp3) is 0.545. The Morgan fingerprint density at radius 3 is 2.92 bits per heavy atom. The third-order valence-corrected chi connectivity index (χ3v) is 2.19. The minimum Gasteiger partial charge on any atom is -0.323 e. The van der Waals surface area contributed by atoms with E-state index in [1.807, 2.05) is 12.3 Å². The molecule has 1 atom stereocenters. The van der Waals surface area contributed by atoms with E-state index < -0.39 is 0 Å². The van der Waals surface area contributed by atoms with Crippen molar-refractivity contribution in [1.82, 2.24) is 4.98 Å². The van der Waals surface area contributed by atoms with Crippen LogP contribution in [0.1, 0.15) is 43.5 Å². The van der Waals surface area contributed by atoms with Crippen molar-refractivity contribution in [2.45, 2.75) is 39.2 Å². The average Bonchev–Trinajstić information content (AvgIpc) is 2.14. The van der Waals surface area contributed by atoms with Crippen LogP contribution in [0.2, 0.25) is 0 Å². The number of pyridine rings is 1. The van der Waals surface area contributed by atoms with Gasteiger partial charge < -0.3 is 5.73 Å². The molecule has 1 heterocycles. The molecule has 0 radical (unpaired) electrons. The maximum Gasteiger partial charge on any atom is 0.0573 e. The smallest absolute Gasteiger partial charge is 0.0573 e. The zero-order chi connectivity index (χ0) is 9.68. The van der Waals surface area contributed by atoms with Gasteiger partial charge in [0.1, 0.15) is 0 Å². The fourth-order valence-corrected chi connectivity index (χ4v) is 1.33. The quantitative estimate of drug-likeness (QED) is 0.769. The Balaban J connectivity index is 2.60. The summed E-state index contributed by atoms with van der Waals surface area (Å²) in [4.78, 5) is 4.27. The van der Waals surface area contributed by atoms with Gasteiger partial charge in [-0.2, -0.15) is 0 Å². The Kier molecular flexibility index (Phi) is 3.90. The first-order valence-corrected chi connectivity index (χ1v) is 4.92. The highest BCUT2D eigenvalue weighted by molar-refractivity contribution is 5.16. The molecule has 0 spiro atoms. The van der Waals surface area contributed by atoms with Gasteiger partial charge in [-0.3, -0.25) is 4.98 Å². The third-order valence-electron chi connectivity index (χ3n) is 2.19. The number of rotatable bonds is 4. The molecule has 0 saturated carbocycles. The number of unbranched alkanes of at least 4 members (excludes halogenated alkanes) is 1. The Labute approximate surface area is 80.2 Å². The van der Waals surface area contributed by atoms with E-state index in [2.05, 4.69) is 24.9 Å². The van der Waals surface area contributed by atoms with Gasteiger partial charge in [0.25, 0.3) is 0 Å². The van der Waals surface area contributed by atoms with Gasteiger partial charge in [-0.15, -0.1) is 0 Å². The molecule has 0 aliphatic rings. The Morgan fingerprint density at radius 2 is 2.31 bits per heavy atom. The van der Waals surface area contributed by atoms with Crippen molar-refractivity contribution in [1.29, 1.82) is 0 Å². The monoisotopic (exact) mass is 178 g/mol. The molecular formula is C11H18N2. The van der Waals surface area contributed by atoms with E-state index in [1.165, 1.54) is 18.4 Å². The van der Waals surface area contributed by atoms with E-state index in [1.54, 1.807) is 0 Å². The maximum atomic E-state index is 5.99. The molecular weight excluding hydrogens is 160 g/mol. The molecule has 0 aliphatic heterocycles. The van der Waals surface area contributed by atoms with Crippen LogP contribution in [-0.2, 0) is 0 Å². The molecule has 0 saturated heterocycles. The van der Waals surface area contributed by atoms with Gasteiger partial charge >= 0.3 is 0 Å². The van der Waals surface area contributed by atoms with Gasteiger partial charge in [-0.25, -0.2) is 0 Å². The molecule has 2 heteroatoms. The van der Waals surface area contributed by atoms with Crippen molar-refractivity contribution in [3.05, 3.63) is 29.6 Å². The first-order valence-electron chi connectivity index (χ1n) is 4.92. The third kappa shape index (κ3) is 3.15. The summed E-state index contributed by atoms with van der Waals surface area (Å²) >= 11 is 0. The molecule has 0 fully saturated rings. The van der Waals surface area contributed by atoms with Gasteiger partial charge in [-0.05, 0) is 31.0 Å². The van der Waals surface area contributed by atoms with Crippen molar-refractivity contribution >= 4 is 0 Å². The van der Waals surface area contributed by atoms with E-state index in [9.17, 15) is 0 Å². The van der Waals surface area contributed by atoms with Crippen molar-refractivity contribution < 1.29 is 0 Å². The van der Waals surface area contributed by atoms with Crippen LogP contribution in [-0.4, -0.2) is 4.98 Å². The largest absolute Gasteiger partial charge is 0.323 e. The predicted molar refractivity (Wildman–Crippen MR) is 55.4 cm³/mol. The van der Waals surface area contributed by atoms with E-state index in [4.69, 9.17) is 5.73 Å². The number of hydrogen-bond donors (Lipinski definition) is 1. The van der Waals surface area contributed by atoms with Crippen LogP contribution >= 0.6 is 0 Å². The number of nitrogens with two attached hydrogens (primary N) is 1. The predicted octanol–water partition coefficient (Wildman–Crippen LogP) is 2.58. The summed E-state index contributed by atoms with van der Waals surface area (Å²) in [6, 6.07) is 4.18. The maximum absolute atomic E-state index is 5.99. The zero-order valence-electron chi connectivity index (χ0n) is 8.46. The number of nitrogens with zero attached hydrogens (tertiary/aromatic N) is 1. The van der Waals surface area contributed by atoms with Crippen LogP contribution in [0.5, 0.6) is 0 Å². The second-order valence-corrected chi connectivity index (χ2v) is 3.51. The molecule has 1 aromatic heterocycles. The van der Waals surface area contributed by atoms with E-state index >= 15 is 0 Å². The molecule has 2 nitrogen and oxygen atoms in total. The summed E-state index contributed by atoms with van der Waals surface area (Å²) < 4.78 is 0. The summed E-state index contributed by atoms with van der Waals surface area (Å²) in [6.45, 7) is 4.24. The molecule has 1 rings (SSSR count). The first-order chi connectivity index (χ1) is 6.24. The van der Waals surface area contributed by atoms with Crippen molar-refractivity contribution in [2.75, 3.05) is 0 Å². The Morgan fingerprint density at radius 1 is 1.54 bits per heavy atom. The van der Waals surface area contributed by atoms with Crippen molar-refractivity contribution in [3.8, 4) is 0 Å². The molecule has 1 aromatic rings. The van der Waals surface area contributed by atoms with Crippen molar-refractivity contribution in [2.24, 2.45) is 5.73 Å². The van der Waals surface area contributed by atoms with E-state index in [-0.39, 0.29) is 6.04 Å². The number of aromatic nitrogens is 1. The van der Waals surface area contributed by atoms with Crippen LogP contribution in [0, 0.1) is 6.92 Å². The minimum atomic E-state index is 0.111. The van der Waals surface area contributed by atoms with Gasteiger partial charge in [0, 0.05) is 12.2 Å². The molecule has 1 unspecified atom stereocenters. The Bertz CT molecular complexity index is 258. The first kappa shape index (κ1) is 10.2. The molecule has 0 bridgehead atoms. The highest BCUT2D eigenvalue weighted by atomic mass is 14.8. The van der Waals surface area contributed by atoms with Crippen LogP contribution in [0.15, 0.2) is 18.3 Å². The fourth-order valence-electron chi connectivity index (χ4n) is 1.33. The highest BCUT2D eigenvalue weighted by Crippen LogP contribution is 2.14. The van der Waals surface area contributed by atoms with Gasteiger partial charge in [0.2, 0.25) is 0 Å². The van der Waals surface area contributed by atoms with Crippen LogP contribution in [0.25, 0.3) is 0 Å². The summed E-state index contributed by atoms with van der Waals surface area (Å²) in [7, 11) is 0. The van der Waals surface area contributed by atoms with Crippen LogP contribution in [0.4, 0.5) is 0 Å². The van der Waals surface area contributed by atoms with E-state index in [0.29, 0.717) is 0 Å². The minimum absolute atomic E-state index is 0.111. The molecule has 0 aromatic carbocycles. The molecule has 13 heavy (non-hydrogen) atoms. The van der Waals surface area contributed by atoms with Gasteiger partial charge in [0.05, 0.1) is 5.69 Å².